The third-order valence-electron chi connectivity index (χ3n) is 5.31. The minimum atomic E-state index is -0.314. The first kappa shape index (κ1) is 27.1. The van der Waals surface area contributed by atoms with Gasteiger partial charge in [0, 0.05) is 41.9 Å². The monoisotopic (exact) mass is 538 g/mol. The third kappa shape index (κ3) is 7.48. The van der Waals surface area contributed by atoms with Crippen LogP contribution in [0.5, 0.6) is 17.5 Å². The van der Waals surface area contributed by atoms with E-state index in [1.807, 2.05) is 24.3 Å². The highest BCUT2D eigenvalue weighted by atomic mass is 35.5. The molecule has 2 aromatic carbocycles. The van der Waals surface area contributed by atoms with Crippen LogP contribution in [0.15, 0.2) is 53.4 Å². The number of esters is 1. The lowest BCUT2D eigenvalue weighted by Crippen LogP contribution is -2.24. The van der Waals surface area contributed by atoms with Gasteiger partial charge >= 0.3 is 5.97 Å². The van der Waals surface area contributed by atoms with Gasteiger partial charge in [-0.25, -0.2) is 0 Å². The van der Waals surface area contributed by atoms with Gasteiger partial charge in [-0.2, -0.15) is 0 Å². The molecule has 0 aliphatic rings. The number of aromatic hydroxyl groups is 2. The summed E-state index contributed by atoms with van der Waals surface area (Å²) >= 11 is 13.8. The van der Waals surface area contributed by atoms with Crippen LogP contribution in [-0.4, -0.2) is 40.2 Å². The molecule has 0 bridgehead atoms. The van der Waals surface area contributed by atoms with E-state index in [9.17, 15) is 15.0 Å². The molecular formula is C25H28Cl2N2O5S. The van der Waals surface area contributed by atoms with Crippen molar-refractivity contribution >= 4 is 40.9 Å². The van der Waals surface area contributed by atoms with E-state index < -0.39 is 0 Å². The molecule has 0 aliphatic carbocycles. The van der Waals surface area contributed by atoms with E-state index >= 15 is 0 Å². The van der Waals surface area contributed by atoms with E-state index in [4.69, 9.17) is 32.7 Å². The van der Waals surface area contributed by atoms with Gasteiger partial charge in [-0.05, 0) is 42.3 Å². The van der Waals surface area contributed by atoms with Crippen LogP contribution in [-0.2, 0) is 22.6 Å². The minimum absolute atomic E-state index is 0.0239. The standard InChI is InChI=1S/C25H28Cl2N2O5S/c1-3-34-25(32)14-20(17-5-6-18(26)19(27)13-17)28-15-16-4-7-22(21(12-16)33-2)35-11-10-29-23(30)8-9-24(29)31/h4-9,12-13,20,28,30-31H,3,10-11,14-15H2,1-2H3. The molecule has 0 amide bonds. The predicted octanol–water partition coefficient (Wildman–Crippen LogP) is 5.79. The van der Waals surface area contributed by atoms with E-state index in [0.717, 1.165) is 16.0 Å². The summed E-state index contributed by atoms with van der Waals surface area (Å²) in [5, 5.41) is 23.8. The average molecular weight is 539 g/mol. The Morgan fingerprint density at radius 2 is 1.83 bits per heavy atom. The van der Waals surface area contributed by atoms with Crippen molar-refractivity contribution < 1.29 is 24.5 Å². The van der Waals surface area contributed by atoms with Crippen LogP contribution in [0.25, 0.3) is 0 Å². The maximum Gasteiger partial charge on any atom is 0.307 e. The van der Waals surface area contributed by atoms with Crippen molar-refractivity contribution in [2.45, 2.75) is 37.4 Å². The number of carbonyl (C=O) groups is 1. The fourth-order valence-corrected chi connectivity index (χ4v) is 4.78. The molecule has 1 aromatic heterocycles. The molecule has 188 valence electrons. The van der Waals surface area contributed by atoms with E-state index in [0.29, 0.717) is 41.2 Å². The molecule has 0 spiro atoms. The SMILES string of the molecule is CCOC(=O)CC(NCc1ccc(SCCn2c(O)ccc2O)c(OC)c1)c1ccc(Cl)c(Cl)c1. The van der Waals surface area contributed by atoms with Crippen molar-refractivity contribution in [1.82, 2.24) is 9.88 Å². The number of ether oxygens (including phenoxy) is 2. The lowest BCUT2D eigenvalue weighted by atomic mass is 10.0. The molecule has 0 fully saturated rings. The van der Waals surface area contributed by atoms with Gasteiger partial charge in [-0.15, -0.1) is 11.8 Å². The number of hydrogen-bond donors (Lipinski definition) is 3. The van der Waals surface area contributed by atoms with Gasteiger partial charge < -0.3 is 25.0 Å². The van der Waals surface area contributed by atoms with Crippen LogP contribution >= 0.6 is 35.0 Å². The average Bonchev–Trinajstić information content (AvgIpc) is 3.16. The van der Waals surface area contributed by atoms with Crippen LogP contribution in [0.2, 0.25) is 10.0 Å². The van der Waals surface area contributed by atoms with Crippen molar-refractivity contribution in [3.63, 3.8) is 0 Å². The Bertz CT molecular complexity index is 1140. The Labute approximate surface area is 219 Å². The molecule has 35 heavy (non-hydrogen) atoms. The lowest BCUT2D eigenvalue weighted by Gasteiger charge is -2.20. The van der Waals surface area contributed by atoms with Crippen molar-refractivity contribution in [3.8, 4) is 17.5 Å². The highest BCUT2D eigenvalue weighted by molar-refractivity contribution is 7.99. The van der Waals surface area contributed by atoms with Crippen LogP contribution in [0.4, 0.5) is 0 Å². The van der Waals surface area contributed by atoms with Gasteiger partial charge in [-0.3, -0.25) is 9.36 Å². The highest BCUT2D eigenvalue weighted by Gasteiger charge is 2.18. The molecular weight excluding hydrogens is 511 g/mol. The van der Waals surface area contributed by atoms with Gasteiger partial charge in [0.25, 0.3) is 0 Å². The number of aromatic nitrogens is 1. The van der Waals surface area contributed by atoms with Gasteiger partial charge in [0.1, 0.15) is 5.75 Å². The Hall–Kier alpha value is -2.52. The summed E-state index contributed by atoms with van der Waals surface area (Å²) < 4.78 is 12.2. The Kier molecular flexibility index (Phi) is 10.0. The molecule has 7 nitrogen and oxygen atoms in total. The largest absolute Gasteiger partial charge is 0.496 e. The van der Waals surface area contributed by atoms with Crippen molar-refractivity contribution in [2.75, 3.05) is 19.5 Å². The molecule has 0 radical (unpaired) electrons. The molecule has 1 atom stereocenters. The predicted molar refractivity (Wildman–Crippen MR) is 139 cm³/mol. The topological polar surface area (TPSA) is 93.0 Å². The first-order chi connectivity index (χ1) is 16.8. The van der Waals surface area contributed by atoms with Crippen LogP contribution in [0, 0.1) is 0 Å². The Balaban J connectivity index is 1.67. The summed E-state index contributed by atoms with van der Waals surface area (Å²) in [6.07, 6.45) is 0.149. The molecule has 3 aromatic rings. The number of benzene rings is 2. The van der Waals surface area contributed by atoms with E-state index in [1.165, 1.54) is 16.7 Å². The summed E-state index contributed by atoms with van der Waals surface area (Å²) in [7, 11) is 1.61. The smallest absolute Gasteiger partial charge is 0.307 e. The molecule has 3 N–H and O–H groups in total. The number of nitrogens with one attached hydrogen (secondary N) is 1. The quantitative estimate of drug-likeness (QED) is 0.198. The first-order valence-electron chi connectivity index (χ1n) is 11.0. The highest BCUT2D eigenvalue weighted by Crippen LogP contribution is 2.32. The number of halogens is 2. The zero-order chi connectivity index (χ0) is 25.4. The molecule has 10 heteroatoms. The molecule has 0 aliphatic heterocycles. The minimum Gasteiger partial charge on any atom is -0.496 e. The second-order valence-corrected chi connectivity index (χ2v) is 9.60. The molecule has 1 heterocycles. The number of methoxy groups -OCH3 is 1. The van der Waals surface area contributed by atoms with E-state index in [2.05, 4.69) is 5.32 Å². The molecule has 1 unspecified atom stereocenters. The number of thioether (sulfide) groups is 1. The summed E-state index contributed by atoms with van der Waals surface area (Å²) in [6, 6.07) is 13.8. The second kappa shape index (κ2) is 13.0. The van der Waals surface area contributed by atoms with Crippen LogP contribution in [0.3, 0.4) is 0 Å². The summed E-state index contributed by atoms with van der Waals surface area (Å²) in [5.74, 6) is 1.08. The zero-order valence-corrected chi connectivity index (χ0v) is 21.8. The Morgan fingerprint density at radius 3 is 2.49 bits per heavy atom. The normalized spacial score (nSPS) is 11.9. The van der Waals surface area contributed by atoms with E-state index in [-0.39, 0.29) is 30.2 Å². The molecule has 3 rings (SSSR count). The summed E-state index contributed by atoms with van der Waals surface area (Å²) in [4.78, 5) is 13.1. The van der Waals surface area contributed by atoms with Gasteiger partial charge in [-0.1, -0.05) is 35.3 Å². The van der Waals surface area contributed by atoms with Crippen molar-refractivity contribution in [2.24, 2.45) is 0 Å². The number of nitrogens with zero attached hydrogens (tertiary/aromatic N) is 1. The van der Waals surface area contributed by atoms with E-state index in [1.54, 1.807) is 37.9 Å². The molecule has 0 saturated carbocycles. The maximum atomic E-state index is 12.2. The Morgan fingerprint density at radius 1 is 1.09 bits per heavy atom. The van der Waals surface area contributed by atoms with Gasteiger partial charge in [0.05, 0.1) is 30.2 Å². The molecule has 0 saturated heterocycles. The summed E-state index contributed by atoms with van der Waals surface area (Å²) in [6.45, 7) is 3.01. The van der Waals surface area contributed by atoms with Gasteiger partial charge in [0.2, 0.25) is 0 Å². The van der Waals surface area contributed by atoms with Crippen molar-refractivity contribution in [1.29, 1.82) is 0 Å². The zero-order valence-electron chi connectivity index (χ0n) is 19.5. The first-order valence-corrected chi connectivity index (χ1v) is 12.8. The fraction of sp³-hybridized carbons (Fsp3) is 0.320. The fourth-order valence-electron chi connectivity index (χ4n) is 3.53. The number of carbonyl (C=O) groups excluding carboxylic acids is 1. The summed E-state index contributed by atoms with van der Waals surface area (Å²) in [5.41, 5.74) is 1.81. The van der Waals surface area contributed by atoms with Crippen LogP contribution < -0.4 is 10.1 Å². The lowest BCUT2D eigenvalue weighted by molar-refractivity contribution is -0.143. The second-order valence-electron chi connectivity index (χ2n) is 7.65. The number of hydrogen-bond acceptors (Lipinski definition) is 7. The van der Waals surface area contributed by atoms with Gasteiger partial charge in [0.15, 0.2) is 11.8 Å². The maximum absolute atomic E-state index is 12.2. The van der Waals surface area contributed by atoms with Crippen molar-refractivity contribution in [3.05, 3.63) is 69.7 Å². The third-order valence-corrected chi connectivity index (χ3v) is 7.08. The number of rotatable bonds is 12. The van der Waals surface area contributed by atoms with Crippen LogP contribution in [0.1, 0.15) is 30.5 Å².